The average molecular weight is 206 g/mol. The minimum atomic E-state index is 0.0647. The standard InChI is InChI=1S/C12H18N2O/c1-12(2,3)14-8-6-11(15)10-5-4-7-13-9-10/h4-5,7,9,14H,6,8H2,1-3H3. The van der Waals surface area contributed by atoms with Crippen molar-refractivity contribution in [2.75, 3.05) is 6.54 Å². The van der Waals surface area contributed by atoms with Crippen molar-refractivity contribution in [2.45, 2.75) is 32.7 Å². The van der Waals surface area contributed by atoms with Crippen LogP contribution in [-0.2, 0) is 0 Å². The van der Waals surface area contributed by atoms with Gasteiger partial charge in [-0.3, -0.25) is 9.78 Å². The monoisotopic (exact) mass is 206 g/mol. The molecule has 0 fully saturated rings. The Morgan fingerprint density at radius 1 is 1.47 bits per heavy atom. The Morgan fingerprint density at radius 2 is 2.20 bits per heavy atom. The van der Waals surface area contributed by atoms with Crippen molar-refractivity contribution >= 4 is 5.78 Å². The van der Waals surface area contributed by atoms with Gasteiger partial charge in [0.15, 0.2) is 5.78 Å². The Labute approximate surface area is 90.9 Å². The largest absolute Gasteiger partial charge is 0.312 e. The van der Waals surface area contributed by atoms with Crippen LogP contribution in [0.2, 0.25) is 0 Å². The Hall–Kier alpha value is -1.22. The molecule has 82 valence electrons. The van der Waals surface area contributed by atoms with Crippen molar-refractivity contribution in [1.82, 2.24) is 10.3 Å². The molecule has 0 aliphatic heterocycles. The highest BCUT2D eigenvalue weighted by Crippen LogP contribution is 2.02. The lowest BCUT2D eigenvalue weighted by atomic mass is 10.1. The topological polar surface area (TPSA) is 42.0 Å². The smallest absolute Gasteiger partial charge is 0.165 e. The molecule has 0 aromatic carbocycles. The molecule has 1 aromatic heterocycles. The van der Waals surface area contributed by atoms with Gasteiger partial charge in [0.05, 0.1) is 0 Å². The maximum atomic E-state index is 11.7. The number of nitrogens with zero attached hydrogens (tertiary/aromatic N) is 1. The Kier molecular flexibility index (Phi) is 3.97. The normalized spacial score (nSPS) is 11.4. The molecule has 0 saturated carbocycles. The molecule has 3 nitrogen and oxygen atoms in total. The number of Topliss-reactive ketones (excluding diaryl/α,β-unsaturated/α-hetero) is 1. The number of carbonyl (C=O) groups excluding carboxylic acids is 1. The Bertz CT molecular complexity index is 314. The summed E-state index contributed by atoms with van der Waals surface area (Å²) in [6, 6.07) is 3.58. The fraction of sp³-hybridized carbons (Fsp3) is 0.500. The molecule has 0 radical (unpaired) electrons. The van der Waals surface area contributed by atoms with Gasteiger partial charge in [-0.25, -0.2) is 0 Å². The molecule has 0 amide bonds. The molecule has 0 spiro atoms. The van der Waals surface area contributed by atoms with Crippen molar-refractivity contribution in [3.8, 4) is 0 Å². The van der Waals surface area contributed by atoms with Crippen LogP contribution in [0.3, 0.4) is 0 Å². The van der Waals surface area contributed by atoms with Crippen LogP contribution in [0.4, 0.5) is 0 Å². The summed E-state index contributed by atoms with van der Waals surface area (Å²) in [4.78, 5) is 15.6. The second kappa shape index (κ2) is 5.03. The number of hydrogen-bond acceptors (Lipinski definition) is 3. The van der Waals surface area contributed by atoms with E-state index in [9.17, 15) is 4.79 Å². The van der Waals surface area contributed by atoms with Gasteiger partial charge in [-0.2, -0.15) is 0 Å². The number of hydrogen-bond donors (Lipinski definition) is 1. The van der Waals surface area contributed by atoms with E-state index in [1.54, 1.807) is 24.5 Å². The summed E-state index contributed by atoms with van der Waals surface area (Å²) in [5, 5.41) is 3.28. The van der Waals surface area contributed by atoms with Crippen molar-refractivity contribution in [1.29, 1.82) is 0 Å². The molecule has 0 bridgehead atoms. The molecule has 3 heteroatoms. The Balaban J connectivity index is 2.38. The van der Waals surface area contributed by atoms with Crippen LogP contribution in [0, 0.1) is 0 Å². The van der Waals surface area contributed by atoms with Crippen LogP contribution in [0.5, 0.6) is 0 Å². The first kappa shape index (κ1) is 11.9. The SMILES string of the molecule is CC(C)(C)NCCC(=O)c1cccnc1. The van der Waals surface area contributed by atoms with Gasteiger partial charge in [0.2, 0.25) is 0 Å². The van der Waals surface area contributed by atoms with Gasteiger partial charge in [0.25, 0.3) is 0 Å². The summed E-state index contributed by atoms with van der Waals surface area (Å²) in [6.07, 6.45) is 3.80. The van der Waals surface area contributed by atoms with Crippen molar-refractivity contribution in [3.05, 3.63) is 30.1 Å². The van der Waals surface area contributed by atoms with Gasteiger partial charge in [-0.1, -0.05) is 0 Å². The number of rotatable bonds is 4. The fourth-order valence-corrected chi connectivity index (χ4v) is 1.22. The van der Waals surface area contributed by atoms with Gasteiger partial charge >= 0.3 is 0 Å². The summed E-state index contributed by atoms with van der Waals surface area (Å²) in [7, 11) is 0. The van der Waals surface area contributed by atoms with Crippen LogP contribution in [0.1, 0.15) is 37.6 Å². The maximum absolute atomic E-state index is 11.7. The van der Waals surface area contributed by atoms with Gasteiger partial charge in [0.1, 0.15) is 0 Å². The molecule has 0 unspecified atom stereocenters. The molecule has 1 N–H and O–H groups in total. The first-order valence-corrected chi connectivity index (χ1v) is 5.17. The highest BCUT2D eigenvalue weighted by Gasteiger charge is 2.10. The van der Waals surface area contributed by atoms with Gasteiger partial charge < -0.3 is 5.32 Å². The third-order valence-corrected chi connectivity index (χ3v) is 1.99. The van der Waals surface area contributed by atoms with Crippen molar-refractivity contribution in [2.24, 2.45) is 0 Å². The zero-order valence-electron chi connectivity index (χ0n) is 9.58. The number of ketones is 1. The average Bonchev–Trinajstić information content (AvgIpc) is 2.17. The number of aromatic nitrogens is 1. The fourth-order valence-electron chi connectivity index (χ4n) is 1.22. The second-order valence-electron chi connectivity index (χ2n) is 4.59. The van der Waals surface area contributed by atoms with E-state index in [1.807, 2.05) is 0 Å². The highest BCUT2D eigenvalue weighted by atomic mass is 16.1. The molecule has 1 aromatic rings. The van der Waals surface area contributed by atoms with E-state index < -0.39 is 0 Å². The van der Waals surface area contributed by atoms with Gasteiger partial charge in [-0.15, -0.1) is 0 Å². The van der Waals surface area contributed by atoms with E-state index >= 15 is 0 Å². The molecular formula is C12H18N2O. The predicted octanol–water partition coefficient (Wildman–Crippen LogP) is 2.04. The molecule has 0 aliphatic carbocycles. The molecular weight excluding hydrogens is 188 g/mol. The maximum Gasteiger partial charge on any atom is 0.165 e. The molecule has 15 heavy (non-hydrogen) atoms. The van der Waals surface area contributed by atoms with Crippen LogP contribution < -0.4 is 5.32 Å². The van der Waals surface area contributed by atoms with Crippen molar-refractivity contribution in [3.63, 3.8) is 0 Å². The predicted molar refractivity (Wildman–Crippen MR) is 60.9 cm³/mol. The lowest BCUT2D eigenvalue weighted by Gasteiger charge is -2.19. The lowest BCUT2D eigenvalue weighted by Crippen LogP contribution is -2.37. The highest BCUT2D eigenvalue weighted by molar-refractivity contribution is 5.95. The van der Waals surface area contributed by atoms with Gasteiger partial charge in [-0.05, 0) is 32.9 Å². The molecule has 1 rings (SSSR count). The number of nitrogens with one attached hydrogen (secondary N) is 1. The van der Waals surface area contributed by atoms with E-state index in [4.69, 9.17) is 0 Å². The molecule has 1 heterocycles. The molecule has 0 aliphatic rings. The third-order valence-electron chi connectivity index (χ3n) is 1.99. The number of pyridine rings is 1. The molecule has 0 saturated heterocycles. The third kappa shape index (κ3) is 4.70. The quantitative estimate of drug-likeness (QED) is 0.766. The summed E-state index contributed by atoms with van der Waals surface area (Å²) < 4.78 is 0. The minimum Gasteiger partial charge on any atom is -0.312 e. The van der Waals surface area contributed by atoms with Crippen LogP contribution in [0.15, 0.2) is 24.5 Å². The second-order valence-corrected chi connectivity index (χ2v) is 4.59. The van der Waals surface area contributed by atoms with Crippen molar-refractivity contribution < 1.29 is 4.79 Å². The zero-order valence-corrected chi connectivity index (χ0v) is 9.58. The van der Waals surface area contributed by atoms with Crippen LogP contribution >= 0.6 is 0 Å². The van der Waals surface area contributed by atoms with Crippen LogP contribution in [-0.4, -0.2) is 22.9 Å². The van der Waals surface area contributed by atoms with E-state index in [0.717, 1.165) is 0 Å². The zero-order chi connectivity index (χ0) is 11.3. The summed E-state index contributed by atoms with van der Waals surface area (Å²) in [5.41, 5.74) is 0.753. The lowest BCUT2D eigenvalue weighted by molar-refractivity contribution is 0.0980. The van der Waals surface area contributed by atoms with E-state index in [2.05, 4.69) is 31.1 Å². The first-order chi connectivity index (χ1) is 6.99. The summed E-state index contributed by atoms with van der Waals surface area (Å²) in [5.74, 6) is 0.139. The van der Waals surface area contributed by atoms with Crippen LogP contribution in [0.25, 0.3) is 0 Å². The summed E-state index contributed by atoms with van der Waals surface area (Å²) >= 11 is 0. The first-order valence-electron chi connectivity index (χ1n) is 5.17. The molecule has 0 atom stereocenters. The summed E-state index contributed by atoms with van der Waals surface area (Å²) in [6.45, 7) is 6.96. The van der Waals surface area contributed by atoms with E-state index in [1.165, 1.54) is 0 Å². The minimum absolute atomic E-state index is 0.0647. The number of carbonyl (C=O) groups is 1. The van der Waals surface area contributed by atoms with Gasteiger partial charge in [0, 0.05) is 36.5 Å². The van der Waals surface area contributed by atoms with E-state index in [-0.39, 0.29) is 11.3 Å². The Morgan fingerprint density at radius 3 is 2.73 bits per heavy atom. The van der Waals surface area contributed by atoms with E-state index in [0.29, 0.717) is 18.5 Å².